The Morgan fingerprint density at radius 1 is 1.40 bits per heavy atom. The number of hydrogen-bond acceptors (Lipinski definition) is 3. The second-order valence-corrected chi connectivity index (χ2v) is 5.57. The summed E-state index contributed by atoms with van der Waals surface area (Å²) in [6.45, 7) is 3.28. The average molecular weight is 275 g/mol. The van der Waals surface area contributed by atoms with Crippen molar-refractivity contribution in [3.05, 3.63) is 29.6 Å². The van der Waals surface area contributed by atoms with E-state index in [2.05, 4.69) is 4.98 Å². The summed E-state index contributed by atoms with van der Waals surface area (Å²) in [4.78, 5) is 19.1. The third-order valence-electron chi connectivity index (χ3n) is 4.12. The Hall–Kier alpha value is -1.42. The van der Waals surface area contributed by atoms with E-state index in [1.165, 1.54) is 19.3 Å². The molecule has 0 atom stereocenters. The Balaban J connectivity index is 2.16. The lowest BCUT2D eigenvalue weighted by Gasteiger charge is -2.34. The molecular formula is C16H25N3O. The highest BCUT2D eigenvalue weighted by Gasteiger charge is 2.26. The standard InChI is InChI=1S/C16H25N3O/c1-13-15(9-5-11-18-13)16(20)19(12-6-10-17)14-7-3-2-4-8-14/h5,9,11,14H,2-4,6-8,10,12,17H2,1H3. The number of nitrogens with zero attached hydrogens (tertiary/aromatic N) is 2. The molecule has 20 heavy (non-hydrogen) atoms. The predicted molar refractivity (Wildman–Crippen MR) is 80.6 cm³/mol. The van der Waals surface area contributed by atoms with Gasteiger partial charge in [-0.2, -0.15) is 0 Å². The Kier molecular flexibility index (Phi) is 5.53. The van der Waals surface area contributed by atoms with Crippen molar-refractivity contribution in [2.24, 2.45) is 5.73 Å². The van der Waals surface area contributed by atoms with Crippen LogP contribution in [0.5, 0.6) is 0 Å². The van der Waals surface area contributed by atoms with Gasteiger partial charge >= 0.3 is 0 Å². The van der Waals surface area contributed by atoms with Gasteiger partial charge in [0, 0.05) is 24.5 Å². The fourth-order valence-corrected chi connectivity index (χ4v) is 2.97. The maximum Gasteiger partial charge on any atom is 0.255 e. The smallest absolute Gasteiger partial charge is 0.255 e. The number of aromatic nitrogens is 1. The van der Waals surface area contributed by atoms with Crippen LogP contribution in [0, 0.1) is 6.92 Å². The SMILES string of the molecule is Cc1ncccc1C(=O)N(CCCN)C1CCCCC1. The van der Waals surface area contributed by atoms with E-state index in [9.17, 15) is 4.79 Å². The van der Waals surface area contributed by atoms with Gasteiger partial charge in [-0.3, -0.25) is 9.78 Å². The molecule has 1 saturated carbocycles. The van der Waals surface area contributed by atoms with Crippen molar-refractivity contribution in [2.45, 2.75) is 51.5 Å². The zero-order valence-electron chi connectivity index (χ0n) is 12.3. The van der Waals surface area contributed by atoms with Crippen LogP contribution in [0.15, 0.2) is 18.3 Å². The largest absolute Gasteiger partial charge is 0.336 e. The zero-order chi connectivity index (χ0) is 14.4. The van der Waals surface area contributed by atoms with Crippen LogP contribution in [0.3, 0.4) is 0 Å². The van der Waals surface area contributed by atoms with E-state index in [1.54, 1.807) is 6.20 Å². The van der Waals surface area contributed by atoms with Crippen LogP contribution in [0.2, 0.25) is 0 Å². The molecule has 110 valence electrons. The first-order valence-corrected chi connectivity index (χ1v) is 7.66. The zero-order valence-corrected chi connectivity index (χ0v) is 12.3. The first-order chi connectivity index (χ1) is 9.74. The number of aryl methyl sites for hydroxylation is 1. The highest BCUT2D eigenvalue weighted by atomic mass is 16.2. The molecule has 1 aromatic heterocycles. The third kappa shape index (κ3) is 3.57. The predicted octanol–water partition coefficient (Wildman–Crippen LogP) is 2.51. The van der Waals surface area contributed by atoms with Crippen molar-refractivity contribution in [1.82, 2.24) is 9.88 Å². The molecule has 0 aromatic carbocycles. The van der Waals surface area contributed by atoms with Crippen molar-refractivity contribution >= 4 is 5.91 Å². The number of hydrogen-bond donors (Lipinski definition) is 1. The number of pyridine rings is 1. The molecule has 1 aromatic rings. The summed E-state index contributed by atoms with van der Waals surface area (Å²) >= 11 is 0. The lowest BCUT2D eigenvalue weighted by molar-refractivity contribution is 0.0631. The average Bonchev–Trinajstić information content (AvgIpc) is 2.49. The van der Waals surface area contributed by atoms with E-state index < -0.39 is 0 Å². The Morgan fingerprint density at radius 2 is 2.15 bits per heavy atom. The molecule has 1 heterocycles. The van der Waals surface area contributed by atoms with Crippen molar-refractivity contribution < 1.29 is 4.79 Å². The Labute approximate surface area is 121 Å². The van der Waals surface area contributed by atoms with E-state index >= 15 is 0 Å². The van der Waals surface area contributed by atoms with Crippen LogP contribution in [-0.4, -0.2) is 34.9 Å². The summed E-state index contributed by atoms with van der Waals surface area (Å²) in [5.41, 5.74) is 7.17. The van der Waals surface area contributed by atoms with E-state index in [-0.39, 0.29) is 5.91 Å². The van der Waals surface area contributed by atoms with Crippen LogP contribution < -0.4 is 5.73 Å². The van der Waals surface area contributed by atoms with Gasteiger partial charge in [-0.15, -0.1) is 0 Å². The summed E-state index contributed by atoms with van der Waals surface area (Å²) in [7, 11) is 0. The van der Waals surface area contributed by atoms with Gasteiger partial charge in [0.1, 0.15) is 0 Å². The van der Waals surface area contributed by atoms with E-state index in [0.717, 1.165) is 37.1 Å². The molecule has 4 nitrogen and oxygen atoms in total. The number of rotatable bonds is 5. The molecule has 4 heteroatoms. The molecule has 1 amide bonds. The summed E-state index contributed by atoms with van der Waals surface area (Å²) in [6.07, 6.45) is 8.58. The Bertz CT molecular complexity index is 441. The van der Waals surface area contributed by atoms with Gasteiger partial charge in [-0.05, 0) is 44.9 Å². The quantitative estimate of drug-likeness (QED) is 0.898. The van der Waals surface area contributed by atoms with Gasteiger partial charge < -0.3 is 10.6 Å². The van der Waals surface area contributed by atoms with Crippen LogP contribution in [0.1, 0.15) is 54.6 Å². The van der Waals surface area contributed by atoms with Crippen LogP contribution in [0.25, 0.3) is 0 Å². The molecule has 0 saturated heterocycles. The number of carbonyl (C=O) groups excluding carboxylic acids is 1. The minimum atomic E-state index is 0.121. The van der Waals surface area contributed by atoms with E-state index in [1.807, 2.05) is 24.0 Å². The Morgan fingerprint density at radius 3 is 2.80 bits per heavy atom. The normalized spacial score (nSPS) is 16.1. The lowest BCUT2D eigenvalue weighted by atomic mass is 9.93. The van der Waals surface area contributed by atoms with Crippen molar-refractivity contribution in [1.29, 1.82) is 0 Å². The number of carbonyl (C=O) groups is 1. The first-order valence-electron chi connectivity index (χ1n) is 7.66. The van der Waals surface area contributed by atoms with Crippen molar-refractivity contribution in [3.8, 4) is 0 Å². The first kappa shape index (κ1) is 15.0. The molecule has 2 N–H and O–H groups in total. The van der Waals surface area contributed by atoms with E-state index in [0.29, 0.717) is 12.6 Å². The molecule has 0 aliphatic heterocycles. The third-order valence-corrected chi connectivity index (χ3v) is 4.12. The topological polar surface area (TPSA) is 59.2 Å². The van der Waals surface area contributed by atoms with Crippen LogP contribution in [0.4, 0.5) is 0 Å². The summed E-state index contributed by atoms with van der Waals surface area (Å²) < 4.78 is 0. The minimum absolute atomic E-state index is 0.121. The van der Waals surface area contributed by atoms with Gasteiger partial charge in [-0.1, -0.05) is 19.3 Å². The molecule has 1 aliphatic carbocycles. The van der Waals surface area contributed by atoms with Gasteiger partial charge in [-0.25, -0.2) is 0 Å². The van der Waals surface area contributed by atoms with Gasteiger partial charge in [0.2, 0.25) is 0 Å². The van der Waals surface area contributed by atoms with Crippen molar-refractivity contribution in [3.63, 3.8) is 0 Å². The minimum Gasteiger partial charge on any atom is -0.336 e. The molecule has 1 fully saturated rings. The molecule has 0 bridgehead atoms. The van der Waals surface area contributed by atoms with Gasteiger partial charge in [0.15, 0.2) is 0 Å². The molecular weight excluding hydrogens is 250 g/mol. The van der Waals surface area contributed by atoms with Gasteiger partial charge in [0.05, 0.1) is 5.56 Å². The number of amides is 1. The van der Waals surface area contributed by atoms with E-state index in [4.69, 9.17) is 5.73 Å². The highest BCUT2D eigenvalue weighted by molar-refractivity contribution is 5.95. The molecule has 0 spiro atoms. The lowest BCUT2D eigenvalue weighted by Crippen LogP contribution is -2.42. The fourth-order valence-electron chi connectivity index (χ4n) is 2.97. The summed E-state index contributed by atoms with van der Waals surface area (Å²) in [5, 5.41) is 0. The fraction of sp³-hybridized carbons (Fsp3) is 0.625. The monoisotopic (exact) mass is 275 g/mol. The second-order valence-electron chi connectivity index (χ2n) is 5.57. The number of nitrogens with two attached hydrogens (primary N) is 1. The summed E-state index contributed by atoms with van der Waals surface area (Å²) in [6, 6.07) is 4.09. The molecule has 1 aliphatic rings. The van der Waals surface area contributed by atoms with Gasteiger partial charge in [0.25, 0.3) is 5.91 Å². The molecule has 2 rings (SSSR count). The van der Waals surface area contributed by atoms with Crippen LogP contribution in [-0.2, 0) is 0 Å². The maximum atomic E-state index is 12.8. The summed E-state index contributed by atoms with van der Waals surface area (Å²) in [5.74, 6) is 0.121. The maximum absolute atomic E-state index is 12.8. The molecule has 0 unspecified atom stereocenters. The van der Waals surface area contributed by atoms with Crippen LogP contribution >= 0.6 is 0 Å². The van der Waals surface area contributed by atoms with Crippen molar-refractivity contribution in [2.75, 3.05) is 13.1 Å². The molecule has 0 radical (unpaired) electrons. The second kappa shape index (κ2) is 7.39. The highest BCUT2D eigenvalue weighted by Crippen LogP contribution is 2.24.